The highest BCUT2D eigenvalue weighted by Crippen LogP contribution is 2.33. The summed E-state index contributed by atoms with van der Waals surface area (Å²) in [6.07, 6.45) is -4.70. The summed E-state index contributed by atoms with van der Waals surface area (Å²) in [5.74, 6) is -0.254. The highest BCUT2D eigenvalue weighted by Gasteiger charge is 2.31. The number of hydrogen-bond donors (Lipinski definition) is 0. The van der Waals surface area contributed by atoms with Crippen LogP contribution in [0.2, 0.25) is 5.02 Å². The Morgan fingerprint density at radius 2 is 1.80 bits per heavy atom. The third-order valence-corrected chi connectivity index (χ3v) is 3.55. The van der Waals surface area contributed by atoms with Crippen LogP contribution in [-0.4, -0.2) is 6.36 Å². The lowest BCUT2D eigenvalue weighted by Crippen LogP contribution is -2.17. The van der Waals surface area contributed by atoms with Crippen LogP contribution in [0.15, 0.2) is 42.5 Å². The molecule has 0 saturated heterocycles. The fourth-order valence-corrected chi connectivity index (χ4v) is 2.83. The van der Waals surface area contributed by atoms with Crippen molar-refractivity contribution in [1.29, 1.82) is 0 Å². The van der Waals surface area contributed by atoms with Crippen LogP contribution >= 0.6 is 27.5 Å². The molecular formula is C14H9BrClF3O. The fraction of sp³-hybridized carbons (Fsp3) is 0.143. The van der Waals surface area contributed by atoms with E-state index >= 15 is 0 Å². The van der Waals surface area contributed by atoms with Crippen molar-refractivity contribution in [3.63, 3.8) is 0 Å². The third-order valence-electron chi connectivity index (χ3n) is 2.63. The summed E-state index contributed by atoms with van der Waals surface area (Å²) < 4.78 is 40.6. The van der Waals surface area contributed by atoms with Crippen LogP contribution in [0.4, 0.5) is 13.2 Å². The Labute approximate surface area is 127 Å². The van der Waals surface area contributed by atoms with Crippen molar-refractivity contribution in [3.8, 4) is 16.9 Å². The van der Waals surface area contributed by atoms with Crippen LogP contribution in [-0.2, 0) is 5.33 Å². The molecule has 0 atom stereocenters. The van der Waals surface area contributed by atoms with E-state index in [-0.39, 0.29) is 5.75 Å². The van der Waals surface area contributed by atoms with Gasteiger partial charge in [-0.25, -0.2) is 0 Å². The number of benzene rings is 2. The Hall–Kier alpha value is -1.20. The summed E-state index contributed by atoms with van der Waals surface area (Å²) in [5.41, 5.74) is 2.20. The molecule has 0 N–H and O–H groups in total. The van der Waals surface area contributed by atoms with Gasteiger partial charge in [-0.3, -0.25) is 0 Å². The van der Waals surface area contributed by atoms with Gasteiger partial charge in [0.15, 0.2) is 0 Å². The maximum Gasteiger partial charge on any atom is 0.573 e. The largest absolute Gasteiger partial charge is 0.573 e. The molecule has 0 bridgehead atoms. The first kappa shape index (κ1) is 15.2. The Morgan fingerprint density at radius 1 is 1.10 bits per heavy atom. The van der Waals surface area contributed by atoms with Crippen molar-refractivity contribution < 1.29 is 17.9 Å². The van der Waals surface area contributed by atoms with Crippen molar-refractivity contribution >= 4 is 27.5 Å². The van der Waals surface area contributed by atoms with E-state index in [4.69, 9.17) is 11.6 Å². The van der Waals surface area contributed by atoms with Crippen LogP contribution in [0.1, 0.15) is 5.56 Å². The summed E-state index contributed by atoms with van der Waals surface area (Å²) in [7, 11) is 0. The van der Waals surface area contributed by atoms with Gasteiger partial charge in [0.05, 0.1) is 0 Å². The molecule has 106 valence electrons. The molecule has 0 aliphatic heterocycles. The van der Waals surface area contributed by atoms with Gasteiger partial charge in [-0.2, -0.15) is 0 Å². The Bertz CT molecular complexity index is 614. The predicted octanol–water partition coefficient (Wildman–Crippen LogP) is 5.80. The van der Waals surface area contributed by atoms with Gasteiger partial charge in [0.1, 0.15) is 5.75 Å². The average Bonchev–Trinajstić information content (AvgIpc) is 2.36. The standard InChI is InChI=1S/C14H9BrClF3O/c15-8-12-11(5-2-6-13(12)16)9-3-1-4-10(7-9)20-14(17,18)19/h1-7H,8H2. The maximum absolute atomic E-state index is 12.2. The van der Waals surface area contributed by atoms with Gasteiger partial charge in [-0.15, -0.1) is 13.2 Å². The van der Waals surface area contributed by atoms with Crippen LogP contribution in [0, 0.1) is 0 Å². The van der Waals surface area contributed by atoms with Crippen molar-refractivity contribution in [2.24, 2.45) is 0 Å². The Balaban J connectivity index is 2.44. The van der Waals surface area contributed by atoms with Gasteiger partial charge < -0.3 is 4.74 Å². The zero-order valence-corrected chi connectivity index (χ0v) is 12.4. The number of halogens is 5. The van der Waals surface area contributed by atoms with Gasteiger partial charge >= 0.3 is 6.36 Å². The molecule has 0 unspecified atom stereocenters. The smallest absolute Gasteiger partial charge is 0.406 e. The first-order valence-electron chi connectivity index (χ1n) is 5.60. The predicted molar refractivity (Wildman–Crippen MR) is 76.2 cm³/mol. The second-order valence-electron chi connectivity index (χ2n) is 3.98. The molecule has 0 aliphatic carbocycles. The van der Waals surface area contributed by atoms with Crippen molar-refractivity contribution in [2.45, 2.75) is 11.7 Å². The highest BCUT2D eigenvalue weighted by molar-refractivity contribution is 9.08. The lowest BCUT2D eigenvalue weighted by molar-refractivity contribution is -0.274. The molecule has 2 rings (SSSR count). The van der Waals surface area contributed by atoms with Crippen molar-refractivity contribution in [3.05, 3.63) is 53.1 Å². The number of hydrogen-bond acceptors (Lipinski definition) is 1. The topological polar surface area (TPSA) is 9.23 Å². The summed E-state index contributed by atoms with van der Waals surface area (Å²) in [6, 6.07) is 11.1. The molecule has 0 amide bonds. The van der Waals surface area contributed by atoms with Gasteiger partial charge in [-0.05, 0) is 34.9 Å². The summed E-state index contributed by atoms with van der Waals surface area (Å²) >= 11 is 9.41. The minimum atomic E-state index is -4.70. The van der Waals surface area contributed by atoms with E-state index in [1.807, 2.05) is 0 Å². The molecule has 0 aliphatic rings. The molecule has 0 radical (unpaired) electrons. The molecule has 2 aromatic carbocycles. The number of rotatable bonds is 3. The number of ether oxygens (including phenoxy) is 1. The van der Waals surface area contributed by atoms with E-state index in [0.717, 1.165) is 11.1 Å². The lowest BCUT2D eigenvalue weighted by Gasteiger charge is -2.12. The second-order valence-corrected chi connectivity index (χ2v) is 4.94. The minimum absolute atomic E-state index is 0.254. The molecule has 6 heteroatoms. The summed E-state index contributed by atoms with van der Waals surface area (Å²) in [4.78, 5) is 0. The van der Waals surface area contributed by atoms with E-state index in [1.165, 1.54) is 18.2 Å². The van der Waals surface area contributed by atoms with E-state index in [0.29, 0.717) is 15.9 Å². The summed E-state index contributed by atoms with van der Waals surface area (Å²) in [5, 5.41) is 1.06. The minimum Gasteiger partial charge on any atom is -0.406 e. The van der Waals surface area contributed by atoms with Crippen molar-refractivity contribution in [2.75, 3.05) is 0 Å². The molecule has 0 heterocycles. The molecule has 20 heavy (non-hydrogen) atoms. The van der Waals surface area contributed by atoms with Gasteiger partial charge in [-0.1, -0.05) is 51.8 Å². The molecule has 2 aromatic rings. The van der Waals surface area contributed by atoms with E-state index in [9.17, 15) is 13.2 Å². The van der Waals surface area contributed by atoms with E-state index in [1.54, 1.807) is 24.3 Å². The first-order chi connectivity index (χ1) is 9.40. The van der Waals surface area contributed by atoms with Crippen LogP contribution < -0.4 is 4.74 Å². The van der Waals surface area contributed by atoms with E-state index in [2.05, 4.69) is 20.7 Å². The van der Waals surface area contributed by atoms with Gasteiger partial charge in [0, 0.05) is 10.4 Å². The fourth-order valence-electron chi connectivity index (χ4n) is 1.83. The second kappa shape index (κ2) is 6.06. The first-order valence-corrected chi connectivity index (χ1v) is 7.10. The number of alkyl halides is 4. The normalized spacial score (nSPS) is 11.4. The van der Waals surface area contributed by atoms with Crippen LogP contribution in [0.5, 0.6) is 5.75 Å². The molecule has 1 nitrogen and oxygen atoms in total. The quantitative estimate of drug-likeness (QED) is 0.625. The maximum atomic E-state index is 12.2. The molecule has 0 fully saturated rings. The molecular weight excluding hydrogens is 357 g/mol. The Kier molecular flexibility index (Phi) is 4.60. The van der Waals surface area contributed by atoms with Crippen LogP contribution in [0.3, 0.4) is 0 Å². The molecule has 0 aromatic heterocycles. The SMILES string of the molecule is FC(F)(F)Oc1cccc(-c2cccc(Cl)c2CBr)c1. The molecule has 0 saturated carbocycles. The summed E-state index contributed by atoms with van der Waals surface area (Å²) in [6.45, 7) is 0. The third kappa shape index (κ3) is 3.67. The average molecular weight is 366 g/mol. The van der Waals surface area contributed by atoms with E-state index < -0.39 is 6.36 Å². The lowest BCUT2D eigenvalue weighted by atomic mass is 10.0. The van der Waals surface area contributed by atoms with Crippen molar-refractivity contribution in [1.82, 2.24) is 0 Å². The molecule has 0 spiro atoms. The van der Waals surface area contributed by atoms with Crippen LogP contribution in [0.25, 0.3) is 11.1 Å². The zero-order valence-electron chi connectivity index (χ0n) is 10.0. The highest BCUT2D eigenvalue weighted by atomic mass is 79.9. The monoisotopic (exact) mass is 364 g/mol. The Morgan fingerprint density at radius 3 is 2.45 bits per heavy atom. The van der Waals surface area contributed by atoms with Gasteiger partial charge in [0.2, 0.25) is 0 Å². The zero-order chi connectivity index (χ0) is 14.8. The van der Waals surface area contributed by atoms with Gasteiger partial charge in [0.25, 0.3) is 0 Å².